The van der Waals surface area contributed by atoms with Crippen LogP contribution in [-0.2, 0) is 6.42 Å². The second-order valence-corrected chi connectivity index (χ2v) is 6.56. The van der Waals surface area contributed by atoms with E-state index in [0.717, 1.165) is 23.2 Å². The molecule has 0 aliphatic carbocycles. The normalized spacial score (nSPS) is 10.7. The van der Waals surface area contributed by atoms with E-state index in [9.17, 15) is 9.18 Å². The van der Waals surface area contributed by atoms with E-state index in [4.69, 9.17) is 5.73 Å². The van der Waals surface area contributed by atoms with Crippen molar-refractivity contribution in [3.05, 3.63) is 89.1 Å². The number of aromatic nitrogens is 5. The third-order valence-electron chi connectivity index (χ3n) is 4.69. The maximum absolute atomic E-state index is 13.4. The van der Waals surface area contributed by atoms with Gasteiger partial charge in [-0.1, -0.05) is 31.2 Å². The molecule has 3 heterocycles. The number of para-hydroxylation sites is 1. The predicted molar refractivity (Wildman–Crippen MR) is 115 cm³/mol. The van der Waals surface area contributed by atoms with Crippen LogP contribution in [0.15, 0.2) is 72.0 Å². The highest BCUT2D eigenvalue weighted by Crippen LogP contribution is 2.17. The van der Waals surface area contributed by atoms with Gasteiger partial charge in [0.2, 0.25) is 0 Å². The number of pyridine rings is 1. The molecule has 0 fully saturated rings. The first-order valence-electron chi connectivity index (χ1n) is 9.37. The summed E-state index contributed by atoms with van der Waals surface area (Å²) in [6.45, 7) is 2.00. The Bertz CT molecular complexity index is 1380. The van der Waals surface area contributed by atoms with E-state index in [1.165, 1.54) is 24.8 Å². The molecule has 8 heteroatoms. The number of benzene rings is 2. The SMILES string of the molecule is CCc1cc2ccc(F)cc2c(=O)n1-c1ccccc1.Nc1ncnc2nc[nH]c12. The Morgan fingerprint density at radius 1 is 1.07 bits per heavy atom. The Morgan fingerprint density at radius 2 is 1.87 bits per heavy atom. The van der Waals surface area contributed by atoms with Crippen LogP contribution in [0.2, 0.25) is 0 Å². The summed E-state index contributed by atoms with van der Waals surface area (Å²) in [6, 6.07) is 15.7. The number of nitrogens with zero attached hydrogens (tertiary/aromatic N) is 4. The molecule has 0 amide bonds. The lowest BCUT2D eigenvalue weighted by Crippen LogP contribution is -2.21. The van der Waals surface area contributed by atoms with Crippen LogP contribution < -0.4 is 11.3 Å². The van der Waals surface area contributed by atoms with Crippen LogP contribution in [0, 0.1) is 5.82 Å². The van der Waals surface area contributed by atoms with Crippen LogP contribution in [0.5, 0.6) is 0 Å². The summed E-state index contributed by atoms with van der Waals surface area (Å²) >= 11 is 0. The molecule has 0 bridgehead atoms. The van der Waals surface area contributed by atoms with Gasteiger partial charge in [0, 0.05) is 11.4 Å². The summed E-state index contributed by atoms with van der Waals surface area (Å²) in [6.07, 6.45) is 3.66. The number of nitrogens with two attached hydrogens (primary N) is 1. The van der Waals surface area contributed by atoms with E-state index < -0.39 is 5.82 Å². The van der Waals surface area contributed by atoms with Crippen molar-refractivity contribution in [2.75, 3.05) is 5.73 Å². The third-order valence-corrected chi connectivity index (χ3v) is 4.69. The smallest absolute Gasteiger partial charge is 0.263 e. The number of fused-ring (bicyclic) bond motifs is 2. The average Bonchev–Trinajstić information content (AvgIpc) is 3.25. The quantitative estimate of drug-likeness (QED) is 0.469. The zero-order chi connectivity index (χ0) is 21.1. The van der Waals surface area contributed by atoms with E-state index in [0.29, 0.717) is 22.4 Å². The first-order valence-corrected chi connectivity index (χ1v) is 9.37. The van der Waals surface area contributed by atoms with E-state index in [2.05, 4.69) is 19.9 Å². The topological polar surface area (TPSA) is 102 Å². The maximum atomic E-state index is 13.4. The molecule has 7 nitrogen and oxygen atoms in total. The molecule has 0 aliphatic rings. The van der Waals surface area contributed by atoms with Gasteiger partial charge in [0.25, 0.3) is 5.56 Å². The average molecular weight is 402 g/mol. The standard InChI is InChI=1S/C17H14FNO.C5H5N5/c1-2-14-10-12-8-9-13(18)11-16(12)17(20)19(14)15-6-4-3-5-7-15;6-4-3-5(9-1-7-3)10-2-8-4/h3-11H,2H2,1H3;1-2H,(H3,6,7,8,9,10). The first kappa shape index (κ1) is 19.3. The van der Waals surface area contributed by atoms with Crippen LogP contribution in [0.4, 0.5) is 10.2 Å². The number of aryl methyl sites for hydroxylation is 1. The molecule has 0 spiro atoms. The van der Waals surface area contributed by atoms with Gasteiger partial charge < -0.3 is 10.7 Å². The minimum atomic E-state index is -0.390. The molecule has 0 atom stereocenters. The molecule has 0 aliphatic heterocycles. The van der Waals surface area contributed by atoms with Crippen molar-refractivity contribution >= 4 is 27.8 Å². The summed E-state index contributed by atoms with van der Waals surface area (Å²) in [5, 5.41) is 1.19. The maximum Gasteiger partial charge on any atom is 0.263 e. The number of hydrogen-bond donors (Lipinski definition) is 2. The minimum Gasteiger partial charge on any atom is -0.382 e. The molecule has 0 saturated heterocycles. The fraction of sp³-hybridized carbons (Fsp3) is 0.0909. The Hall–Kier alpha value is -4.07. The monoisotopic (exact) mass is 402 g/mol. The fourth-order valence-electron chi connectivity index (χ4n) is 3.24. The van der Waals surface area contributed by atoms with Crippen LogP contribution in [0.1, 0.15) is 12.6 Å². The number of aromatic amines is 1. The first-order chi connectivity index (χ1) is 14.6. The van der Waals surface area contributed by atoms with E-state index >= 15 is 0 Å². The largest absolute Gasteiger partial charge is 0.382 e. The van der Waals surface area contributed by atoms with Crippen molar-refractivity contribution in [2.45, 2.75) is 13.3 Å². The van der Waals surface area contributed by atoms with Crippen LogP contribution >= 0.6 is 0 Å². The highest BCUT2D eigenvalue weighted by molar-refractivity contribution is 5.82. The number of anilines is 1. The van der Waals surface area contributed by atoms with Crippen molar-refractivity contribution < 1.29 is 4.39 Å². The van der Waals surface area contributed by atoms with E-state index in [1.807, 2.05) is 43.3 Å². The van der Waals surface area contributed by atoms with E-state index in [1.54, 1.807) is 10.6 Å². The number of hydrogen-bond acceptors (Lipinski definition) is 5. The highest BCUT2D eigenvalue weighted by atomic mass is 19.1. The molecule has 5 aromatic rings. The second kappa shape index (κ2) is 8.12. The molecule has 3 aromatic heterocycles. The molecule has 3 N–H and O–H groups in total. The lowest BCUT2D eigenvalue weighted by molar-refractivity contribution is 0.629. The number of imidazole rings is 1. The Balaban J connectivity index is 0.000000181. The van der Waals surface area contributed by atoms with Crippen molar-refractivity contribution in [2.24, 2.45) is 0 Å². The minimum absolute atomic E-state index is 0.176. The molecular weight excluding hydrogens is 383 g/mol. The number of H-pyrrole nitrogens is 1. The van der Waals surface area contributed by atoms with E-state index in [-0.39, 0.29) is 5.56 Å². The summed E-state index contributed by atoms with van der Waals surface area (Å²) in [7, 11) is 0. The number of halogens is 1. The van der Waals surface area contributed by atoms with Crippen LogP contribution in [-0.4, -0.2) is 24.5 Å². The number of rotatable bonds is 2. The molecule has 150 valence electrons. The van der Waals surface area contributed by atoms with Crippen molar-refractivity contribution in [3.8, 4) is 5.69 Å². The van der Waals surface area contributed by atoms with Gasteiger partial charge in [-0.05, 0) is 42.1 Å². The van der Waals surface area contributed by atoms with Gasteiger partial charge in [-0.3, -0.25) is 9.36 Å². The molecule has 0 radical (unpaired) electrons. The molecule has 5 rings (SSSR count). The van der Waals surface area contributed by atoms with Gasteiger partial charge in [0.05, 0.1) is 11.7 Å². The van der Waals surface area contributed by atoms with Gasteiger partial charge in [-0.15, -0.1) is 0 Å². The van der Waals surface area contributed by atoms with Gasteiger partial charge >= 0.3 is 0 Å². The lowest BCUT2D eigenvalue weighted by Gasteiger charge is -2.13. The second-order valence-electron chi connectivity index (χ2n) is 6.56. The molecule has 0 saturated carbocycles. The summed E-state index contributed by atoms with van der Waals surface area (Å²) < 4.78 is 15.0. The van der Waals surface area contributed by atoms with Crippen LogP contribution in [0.25, 0.3) is 27.6 Å². The Labute approximate surface area is 171 Å². The predicted octanol–water partition coefficient (Wildman–Crippen LogP) is 3.63. The summed E-state index contributed by atoms with van der Waals surface area (Å²) in [4.78, 5) is 27.0. The van der Waals surface area contributed by atoms with Crippen molar-refractivity contribution in [1.82, 2.24) is 24.5 Å². The molecule has 30 heavy (non-hydrogen) atoms. The zero-order valence-corrected chi connectivity index (χ0v) is 16.2. The Kier molecular flexibility index (Phi) is 5.21. The van der Waals surface area contributed by atoms with Gasteiger partial charge in [0.1, 0.15) is 17.7 Å². The number of nitrogens with one attached hydrogen (secondary N) is 1. The summed E-state index contributed by atoms with van der Waals surface area (Å²) in [5.41, 5.74) is 8.33. The van der Waals surface area contributed by atoms with Crippen LogP contribution in [0.3, 0.4) is 0 Å². The van der Waals surface area contributed by atoms with Gasteiger partial charge in [0.15, 0.2) is 11.5 Å². The lowest BCUT2D eigenvalue weighted by atomic mass is 10.1. The van der Waals surface area contributed by atoms with Gasteiger partial charge in [-0.2, -0.15) is 0 Å². The summed E-state index contributed by atoms with van der Waals surface area (Å²) in [5.74, 6) is 0.0426. The third kappa shape index (κ3) is 3.62. The number of nitrogen functional groups attached to an aromatic ring is 1. The molecular formula is C22H19FN6O. The Morgan fingerprint density at radius 3 is 2.60 bits per heavy atom. The fourth-order valence-corrected chi connectivity index (χ4v) is 3.24. The molecule has 0 unspecified atom stereocenters. The van der Waals surface area contributed by atoms with Crippen molar-refractivity contribution in [1.29, 1.82) is 0 Å². The van der Waals surface area contributed by atoms with Crippen molar-refractivity contribution in [3.63, 3.8) is 0 Å². The highest BCUT2D eigenvalue weighted by Gasteiger charge is 2.10. The molecule has 2 aromatic carbocycles. The van der Waals surface area contributed by atoms with Gasteiger partial charge in [-0.25, -0.2) is 19.3 Å². The zero-order valence-electron chi connectivity index (χ0n) is 16.2.